The molecular weight excluding hydrogens is 925 g/mol. The van der Waals surface area contributed by atoms with Crippen molar-refractivity contribution in [3.8, 4) is 0 Å². The number of unbranched alkanes of at least 4 members (excludes halogenated alkanes) is 54. The molecule has 0 spiro atoms. The molecule has 446 valence electrons. The minimum atomic E-state index is -0.761. The molecule has 6 nitrogen and oxygen atoms in total. The van der Waals surface area contributed by atoms with E-state index in [1.165, 1.54) is 308 Å². The first-order valence-corrected chi connectivity index (χ1v) is 34.5. The van der Waals surface area contributed by atoms with Crippen molar-refractivity contribution in [2.24, 2.45) is 0 Å². The molecule has 0 aliphatic rings. The summed E-state index contributed by atoms with van der Waals surface area (Å²) in [7, 11) is 0. The topological polar surface area (TPSA) is 78.9 Å². The summed E-state index contributed by atoms with van der Waals surface area (Å²) in [4.78, 5) is 38.1. The van der Waals surface area contributed by atoms with Gasteiger partial charge in [-0.2, -0.15) is 0 Å². The molecule has 0 bridgehead atoms. The molecule has 0 N–H and O–H groups in total. The number of rotatable bonds is 65. The van der Waals surface area contributed by atoms with E-state index in [4.69, 9.17) is 14.2 Å². The van der Waals surface area contributed by atoms with Gasteiger partial charge in [-0.1, -0.05) is 367 Å². The second-order valence-corrected chi connectivity index (χ2v) is 23.8. The van der Waals surface area contributed by atoms with Gasteiger partial charge in [-0.3, -0.25) is 14.4 Å². The first-order chi connectivity index (χ1) is 37.0. The SMILES string of the molecule is CCCCCCCCCCCCCCCCCCCCCCCCCCCCC(=O)OCC(COC(=O)CCCCCCCCC)OC(=O)CCCCCCCCCCCCCCCCCCCCCCCCCC. The Morgan fingerprint density at radius 1 is 0.213 bits per heavy atom. The molecule has 1 unspecified atom stereocenters. The van der Waals surface area contributed by atoms with E-state index in [0.717, 1.165) is 57.8 Å². The first kappa shape index (κ1) is 73.4. The average molecular weight is 1060 g/mol. The zero-order valence-electron chi connectivity index (χ0n) is 51.4. The molecular formula is C69H134O6. The third kappa shape index (κ3) is 63.1. The van der Waals surface area contributed by atoms with Crippen LogP contribution in [0.5, 0.6) is 0 Å². The number of carbonyl (C=O) groups is 3. The Kier molecular flexibility index (Phi) is 63.6. The van der Waals surface area contributed by atoms with Gasteiger partial charge >= 0.3 is 17.9 Å². The van der Waals surface area contributed by atoms with Crippen LogP contribution in [-0.4, -0.2) is 37.2 Å². The van der Waals surface area contributed by atoms with Crippen molar-refractivity contribution in [2.45, 2.75) is 412 Å². The highest BCUT2D eigenvalue weighted by Gasteiger charge is 2.19. The highest BCUT2D eigenvalue weighted by molar-refractivity contribution is 5.71. The van der Waals surface area contributed by atoms with Gasteiger partial charge in [-0.15, -0.1) is 0 Å². The van der Waals surface area contributed by atoms with Gasteiger partial charge in [0.05, 0.1) is 0 Å². The Bertz CT molecular complexity index is 1120. The average Bonchev–Trinajstić information content (AvgIpc) is 3.41. The summed E-state index contributed by atoms with van der Waals surface area (Å²) < 4.78 is 16.9. The lowest BCUT2D eigenvalue weighted by Crippen LogP contribution is -2.30. The fourth-order valence-corrected chi connectivity index (χ4v) is 10.9. The summed E-state index contributed by atoms with van der Waals surface area (Å²) in [6.07, 6.45) is 75.9. The minimum absolute atomic E-state index is 0.0613. The van der Waals surface area contributed by atoms with Gasteiger partial charge in [0.2, 0.25) is 0 Å². The van der Waals surface area contributed by atoms with E-state index in [0.29, 0.717) is 19.3 Å². The number of ether oxygens (including phenoxy) is 3. The standard InChI is InChI=1S/C69H134O6/c1-4-7-10-13-16-18-20-22-24-26-28-30-32-34-35-37-38-40-42-44-46-48-50-53-56-59-62-68(71)74-65-66(64-73-67(70)61-58-55-52-15-12-9-6-3)75-69(72)63-60-57-54-51-49-47-45-43-41-39-36-33-31-29-27-25-23-21-19-17-14-11-8-5-2/h66H,4-65H2,1-3H3. The van der Waals surface area contributed by atoms with Gasteiger partial charge in [0.15, 0.2) is 6.10 Å². The van der Waals surface area contributed by atoms with Crippen molar-refractivity contribution in [1.82, 2.24) is 0 Å². The van der Waals surface area contributed by atoms with E-state index in [1.807, 2.05) is 0 Å². The first-order valence-electron chi connectivity index (χ1n) is 34.5. The predicted octanol–water partition coefficient (Wildman–Crippen LogP) is 23.5. The lowest BCUT2D eigenvalue weighted by atomic mass is 10.0. The molecule has 0 saturated heterocycles. The molecule has 1 atom stereocenters. The molecule has 0 aromatic heterocycles. The van der Waals surface area contributed by atoms with Crippen LogP contribution in [0.1, 0.15) is 406 Å². The molecule has 0 aromatic rings. The van der Waals surface area contributed by atoms with Crippen LogP contribution in [0.2, 0.25) is 0 Å². The minimum Gasteiger partial charge on any atom is -0.462 e. The lowest BCUT2D eigenvalue weighted by molar-refractivity contribution is -0.167. The Hall–Kier alpha value is -1.59. The van der Waals surface area contributed by atoms with Crippen LogP contribution in [0.25, 0.3) is 0 Å². The predicted molar refractivity (Wildman–Crippen MR) is 326 cm³/mol. The van der Waals surface area contributed by atoms with E-state index >= 15 is 0 Å². The Morgan fingerprint density at radius 3 is 0.533 bits per heavy atom. The molecule has 0 radical (unpaired) electrons. The zero-order chi connectivity index (χ0) is 54.3. The summed E-state index contributed by atoms with van der Waals surface area (Å²) in [5.41, 5.74) is 0. The van der Waals surface area contributed by atoms with Crippen LogP contribution in [0.15, 0.2) is 0 Å². The molecule has 0 aromatic carbocycles. The maximum Gasteiger partial charge on any atom is 0.306 e. The normalized spacial score (nSPS) is 11.9. The largest absolute Gasteiger partial charge is 0.462 e. The summed E-state index contributed by atoms with van der Waals surface area (Å²) in [5, 5.41) is 0. The summed E-state index contributed by atoms with van der Waals surface area (Å²) in [5.74, 6) is -0.834. The van der Waals surface area contributed by atoms with Gasteiger partial charge in [-0.25, -0.2) is 0 Å². The summed E-state index contributed by atoms with van der Waals surface area (Å²) >= 11 is 0. The third-order valence-electron chi connectivity index (χ3n) is 16.1. The summed E-state index contributed by atoms with van der Waals surface area (Å²) in [6.45, 7) is 6.69. The van der Waals surface area contributed by atoms with Crippen LogP contribution in [0, 0.1) is 0 Å². The quantitative estimate of drug-likeness (QED) is 0.0343. The van der Waals surface area contributed by atoms with E-state index < -0.39 is 6.10 Å². The number of hydrogen-bond donors (Lipinski definition) is 0. The van der Waals surface area contributed by atoms with Crippen molar-refractivity contribution in [3.05, 3.63) is 0 Å². The van der Waals surface area contributed by atoms with E-state index in [1.54, 1.807) is 0 Å². The van der Waals surface area contributed by atoms with Crippen LogP contribution in [0.3, 0.4) is 0 Å². The lowest BCUT2D eigenvalue weighted by Gasteiger charge is -2.18. The van der Waals surface area contributed by atoms with Crippen molar-refractivity contribution < 1.29 is 28.6 Å². The fraction of sp³-hybridized carbons (Fsp3) is 0.957. The smallest absolute Gasteiger partial charge is 0.306 e. The number of hydrogen-bond acceptors (Lipinski definition) is 6. The Balaban J connectivity index is 4.00. The van der Waals surface area contributed by atoms with Crippen LogP contribution in [-0.2, 0) is 28.6 Å². The van der Waals surface area contributed by atoms with E-state index in [-0.39, 0.29) is 31.1 Å². The molecule has 0 fully saturated rings. The van der Waals surface area contributed by atoms with E-state index in [2.05, 4.69) is 20.8 Å². The van der Waals surface area contributed by atoms with Crippen molar-refractivity contribution in [2.75, 3.05) is 13.2 Å². The number of carbonyl (C=O) groups excluding carboxylic acids is 3. The molecule has 0 aliphatic heterocycles. The van der Waals surface area contributed by atoms with Gasteiger partial charge in [-0.05, 0) is 19.3 Å². The van der Waals surface area contributed by atoms with Crippen LogP contribution >= 0.6 is 0 Å². The van der Waals surface area contributed by atoms with Crippen molar-refractivity contribution >= 4 is 17.9 Å². The molecule has 0 aliphatic carbocycles. The monoisotopic (exact) mass is 1060 g/mol. The zero-order valence-corrected chi connectivity index (χ0v) is 51.4. The second kappa shape index (κ2) is 64.9. The maximum atomic E-state index is 12.9. The third-order valence-corrected chi connectivity index (χ3v) is 16.1. The van der Waals surface area contributed by atoms with Gasteiger partial charge < -0.3 is 14.2 Å². The molecule has 0 heterocycles. The molecule has 6 heteroatoms. The molecule has 0 rings (SSSR count). The van der Waals surface area contributed by atoms with Gasteiger partial charge in [0, 0.05) is 19.3 Å². The molecule has 75 heavy (non-hydrogen) atoms. The van der Waals surface area contributed by atoms with E-state index in [9.17, 15) is 14.4 Å². The Morgan fingerprint density at radius 2 is 0.360 bits per heavy atom. The second-order valence-electron chi connectivity index (χ2n) is 23.8. The van der Waals surface area contributed by atoms with Gasteiger partial charge in [0.1, 0.15) is 13.2 Å². The Labute approximate surface area is 469 Å². The van der Waals surface area contributed by atoms with Crippen molar-refractivity contribution in [3.63, 3.8) is 0 Å². The van der Waals surface area contributed by atoms with Crippen LogP contribution < -0.4 is 0 Å². The van der Waals surface area contributed by atoms with Crippen LogP contribution in [0.4, 0.5) is 0 Å². The van der Waals surface area contributed by atoms with Crippen molar-refractivity contribution in [1.29, 1.82) is 0 Å². The number of esters is 3. The highest BCUT2D eigenvalue weighted by atomic mass is 16.6. The molecule has 0 saturated carbocycles. The molecule has 0 amide bonds. The highest BCUT2D eigenvalue weighted by Crippen LogP contribution is 2.19. The van der Waals surface area contributed by atoms with Gasteiger partial charge in [0.25, 0.3) is 0 Å². The fourth-order valence-electron chi connectivity index (χ4n) is 10.9. The summed E-state index contributed by atoms with van der Waals surface area (Å²) in [6, 6.07) is 0. The maximum absolute atomic E-state index is 12.9.